The second-order valence-corrected chi connectivity index (χ2v) is 3.55. The van der Waals surface area contributed by atoms with Crippen LogP contribution in [-0.2, 0) is 0 Å². The zero-order chi connectivity index (χ0) is 12.3. The van der Waals surface area contributed by atoms with Gasteiger partial charge in [-0.2, -0.15) is 10.4 Å². The van der Waals surface area contributed by atoms with Crippen molar-refractivity contribution in [2.24, 2.45) is 0 Å². The maximum atomic E-state index is 13.2. The van der Waals surface area contributed by atoms with Crippen LogP contribution in [0.2, 0.25) is 0 Å². The van der Waals surface area contributed by atoms with Crippen LogP contribution in [0.4, 0.5) is 15.9 Å². The molecule has 0 saturated heterocycles. The second-order valence-electron chi connectivity index (χ2n) is 3.55. The number of nitrogens with zero attached hydrogens (tertiary/aromatic N) is 3. The summed E-state index contributed by atoms with van der Waals surface area (Å²) in [5.74, 6) is -0.0186. The summed E-state index contributed by atoms with van der Waals surface area (Å²) in [7, 11) is 0. The van der Waals surface area contributed by atoms with Gasteiger partial charge in [0.2, 0.25) is 0 Å². The second kappa shape index (κ2) is 4.58. The van der Waals surface area contributed by atoms with Gasteiger partial charge in [0, 0.05) is 5.69 Å². The summed E-state index contributed by atoms with van der Waals surface area (Å²) in [5.41, 5.74) is 1.69. The fraction of sp³-hybridized carbons (Fsp3) is 0.0833. The van der Waals surface area contributed by atoms with Crippen LogP contribution in [0.1, 0.15) is 11.1 Å². The van der Waals surface area contributed by atoms with Crippen molar-refractivity contribution in [2.75, 3.05) is 5.32 Å². The lowest BCUT2D eigenvalue weighted by molar-refractivity contribution is 0.627. The van der Waals surface area contributed by atoms with E-state index in [4.69, 9.17) is 5.26 Å². The van der Waals surface area contributed by atoms with Crippen molar-refractivity contribution in [3.05, 3.63) is 47.4 Å². The molecule has 0 atom stereocenters. The molecule has 0 bridgehead atoms. The van der Waals surface area contributed by atoms with Crippen molar-refractivity contribution >= 4 is 11.5 Å². The zero-order valence-electron chi connectivity index (χ0n) is 9.11. The minimum Gasteiger partial charge on any atom is -0.338 e. The largest absolute Gasteiger partial charge is 0.338 e. The van der Waals surface area contributed by atoms with Crippen molar-refractivity contribution in [1.29, 1.82) is 5.26 Å². The van der Waals surface area contributed by atoms with E-state index in [1.165, 1.54) is 18.3 Å². The van der Waals surface area contributed by atoms with E-state index < -0.39 is 0 Å². The molecule has 1 aromatic carbocycles. The SMILES string of the molecule is Cc1cc(F)cc(Nc2nnccc2C#N)c1. The molecule has 17 heavy (non-hydrogen) atoms. The first-order chi connectivity index (χ1) is 8.19. The van der Waals surface area contributed by atoms with Gasteiger partial charge in [-0.05, 0) is 36.8 Å². The number of aromatic nitrogens is 2. The zero-order valence-corrected chi connectivity index (χ0v) is 9.11. The summed E-state index contributed by atoms with van der Waals surface area (Å²) in [6.45, 7) is 1.79. The van der Waals surface area contributed by atoms with Gasteiger partial charge in [0.05, 0.1) is 11.8 Å². The first-order valence-corrected chi connectivity index (χ1v) is 4.95. The Hall–Kier alpha value is -2.48. The van der Waals surface area contributed by atoms with Crippen molar-refractivity contribution in [3.63, 3.8) is 0 Å². The van der Waals surface area contributed by atoms with Crippen LogP contribution in [0.3, 0.4) is 0 Å². The average Bonchev–Trinajstić information content (AvgIpc) is 2.28. The summed E-state index contributed by atoms with van der Waals surface area (Å²) < 4.78 is 13.2. The van der Waals surface area contributed by atoms with Crippen LogP contribution in [0, 0.1) is 24.1 Å². The Kier molecular flexibility index (Phi) is 2.97. The highest BCUT2D eigenvalue weighted by molar-refractivity contribution is 5.62. The third-order valence-electron chi connectivity index (χ3n) is 2.15. The Morgan fingerprint density at radius 3 is 2.88 bits per heavy atom. The van der Waals surface area contributed by atoms with Crippen LogP contribution in [0.15, 0.2) is 30.5 Å². The van der Waals surface area contributed by atoms with E-state index >= 15 is 0 Å². The number of aryl methyl sites for hydroxylation is 1. The van der Waals surface area contributed by atoms with Gasteiger partial charge in [0.1, 0.15) is 11.9 Å². The molecule has 4 nitrogen and oxygen atoms in total. The van der Waals surface area contributed by atoms with Gasteiger partial charge in [-0.15, -0.1) is 5.10 Å². The van der Waals surface area contributed by atoms with E-state index in [2.05, 4.69) is 15.5 Å². The number of hydrogen-bond acceptors (Lipinski definition) is 4. The number of hydrogen-bond donors (Lipinski definition) is 1. The van der Waals surface area contributed by atoms with Gasteiger partial charge in [0.25, 0.3) is 0 Å². The van der Waals surface area contributed by atoms with E-state index in [9.17, 15) is 4.39 Å². The highest BCUT2D eigenvalue weighted by atomic mass is 19.1. The maximum absolute atomic E-state index is 13.2. The summed E-state index contributed by atoms with van der Waals surface area (Å²) in [4.78, 5) is 0. The van der Waals surface area contributed by atoms with E-state index in [0.717, 1.165) is 5.56 Å². The molecule has 2 aromatic rings. The van der Waals surface area contributed by atoms with Crippen LogP contribution in [0.5, 0.6) is 0 Å². The molecular weight excluding hydrogens is 219 g/mol. The molecule has 0 fully saturated rings. The first-order valence-electron chi connectivity index (χ1n) is 4.95. The highest BCUT2D eigenvalue weighted by Crippen LogP contribution is 2.19. The molecule has 2 rings (SSSR count). The Labute approximate surface area is 97.7 Å². The highest BCUT2D eigenvalue weighted by Gasteiger charge is 2.05. The number of anilines is 2. The van der Waals surface area contributed by atoms with E-state index in [-0.39, 0.29) is 5.82 Å². The Bertz CT molecular complexity index is 569. The van der Waals surface area contributed by atoms with Crippen molar-refractivity contribution in [1.82, 2.24) is 10.2 Å². The van der Waals surface area contributed by atoms with Gasteiger partial charge in [-0.25, -0.2) is 4.39 Å². The number of benzene rings is 1. The minimum atomic E-state index is -0.338. The van der Waals surface area contributed by atoms with Crippen LogP contribution in [-0.4, -0.2) is 10.2 Å². The summed E-state index contributed by atoms with van der Waals surface area (Å²) in [5, 5.41) is 19.2. The van der Waals surface area contributed by atoms with Crippen LogP contribution < -0.4 is 5.32 Å². The van der Waals surface area contributed by atoms with Crippen LogP contribution >= 0.6 is 0 Å². The molecule has 84 valence electrons. The lowest BCUT2D eigenvalue weighted by Gasteiger charge is -2.07. The molecule has 0 amide bonds. The number of nitrogens with one attached hydrogen (secondary N) is 1. The molecule has 5 heteroatoms. The predicted molar refractivity (Wildman–Crippen MR) is 61.2 cm³/mol. The van der Waals surface area contributed by atoms with E-state index in [0.29, 0.717) is 17.1 Å². The molecule has 0 aliphatic rings. The standard InChI is InChI=1S/C12H9FN4/c1-8-4-10(13)6-11(5-8)16-12-9(7-14)2-3-15-17-12/h2-6H,1H3,(H,16,17). The number of rotatable bonds is 2. The minimum absolute atomic E-state index is 0.319. The third kappa shape index (κ3) is 2.55. The van der Waals surface area contributed by atoms with Gasteiger partial charge >= 0.3 is 0 Å². The molecular formula is C12H9FN4. The lowest BCUT2D eigenvalue weighted by Crippen LogP contribution is -1.99. The molecule has 1 N–H and O–H groups in total. The fourth-order valence-electron chi connectivity index (χ4n) is 1.46. The number of halogens is 1. The Morgan fingerprint density at radius 2 is 2.18 bits per heavy atom. The van der Waals surface area contributed by atoms with Crippen molar-refractivity contribution in [3.8, 4) is 6.07 Å². The summed E-state index contributed by atoms with van der Waals surface area (Å²) in [6.07, 6.45) is 1.43. The topological polar surface area (TPSA) is 61.6 Å². The molecule has 0 aliphatic heterocycles. The molecule has 0 aliphatic carbocycles. The van der Waals surface area contributed by atoms with Gasteiger partial charge in [-0.3, -0.25) is 0 Å². The summed E-state index contributed by atoms with van der Waals surface area (Å²) in [6, 6.07) is 8.05. The number of nitriles is 1. The Morgan fingerprint density at radius 1 is 1.35 bits per heavy atom. The maximum Gasteiger partial charge on any atom is 0.171 e. The van der Waals surface area contributed by atoms with Gasteiger partial charge in [-0.1, -0.05) is 0 Å². The third-order valence-corrected chi connectivity index (χ3v) is 2.15. The van der Waals surface area contributed by atoms with Crippen LogP contribution in [0.25, 0.3) is 0 Å². The fourth-order valence-corrected chi connectivity index (χ4v) is 1.46. The lowest BCUT2D eigenvalue weighted by atomic mass is 10.2. The quantitative estimate of drug-likeness (QED) is 0.857. The van der Waals surface area contributed by atoms with Gasteiger partial charge < -0.3 is 5.32 Å². The van der Waals surface area contributed by atoms with E-state index in [1.807, 2.05) is 6.07 Å². The Balaban J connectivity index is 2.35. The predicted octanol–water partition coefficient (Wildman–Crippen LogP) is 2.54. The molecule has 1 heterocycles. The van der Waals surface area contributed by atoms with Crippen molar-refractivity contribution < 1.29 is 4.39 Å². The molecule has 0 radical (unpaired) electrons. The molecule has 0 unspecified atom stereocenters. The van der Waals surface area contributed by atoms with E-state index in [1.54, 1.807) is 19.1 Å². The van der Waals surface area contributed by atoms with Gasteiger partial charge in [0.15, 0.2) is 5.82 Å². The monoisotopic (exact) mass is 228 g/mol. The molecule has 1 aromatic heterocycles. The smallest absolute Gasteiger partial charge is 0.171 e. The molecule has 0 saturated carbocycles. The van der Waals surface area contributed by atoms with Crippen molar-refractivity contribution in [2.45, 2.75) is 6.92 Å². The average molecular weight is 228 g/mol. The first kappa shape index (κ1) is 11.0. The summed E-state index contributed by atoms with van der Waals surface area (Å²) >= 11 is 0. The molecule has 0 spiro atoms. The normalized spacial score (nSPS) is 9.71.